The van der Waals surface area contributed by atoms with Crippen LogP contribution in [-0.4, -0.2) is 21.0 Å². The van der Waals surface area contributed by atoms with E-state index >= 15 is 0 Å². The van der Waals surface area contributed by atoms with Gasteiger partial charge in [-0.2, -0.15) is 5.10 Å². The Labute approximate surface area is 79.5 Å². The van der Waals surface area contributed by atoms with Gasteiger partial charge in [-0.25, -0.2) is 4.68 Å². The van der Waals surface area contributed by atoms with Crippen LogP contribution in [0.5, 0.6) is 0 Å². The van der Waals surface area contributed by atoms with E-state index in [-0.39, 0.29) is 0 Å². The second kappa shape index (κ2) is 3.45. The van der Waals surface area contributed by atoms with E-state index < -0.39 is 6.10 Å². The van der Waals surface area contributed by atoms with Gasteiger partial charge in [0.25, 0.3) is 0 Å². The van der Waals surface area contributed by atoms with E-state index in [0.717, 1.165) is 10.2 Å². The van der Waals surface area contributed by atoms with Gasteiger partial charge in [0.05, 0.1) is 22.8 Å². The summed E-state index contributed by atoms with van der Waals surface area (Å²) in [6.45, 7) is 3.99. The van der Waals surface area contributed by atoms with Crippen LogP contribution < -0.4 is 5.73 Å². The third-order valence-corrected chi connectivity index (χ3v) is 2.51. The fourth-order valence-electron chi connectivity index (χ4n) is 0.967. The number of halogens is 1. The topological polar surface area (TPSA) is 64.1 Å². The molecule has 12 heavy (non-hydrogen) atoms. The van der Waals surface area contributed by atoms with Crippen molar-refractivity contribution in [1.82, 2.24) is 9.78 Å². The minimum absolute atomic E-state index is 0.429. The number of nitrogens with two attached hydrogens (primary N) is 1. The van der Waals surface area contributed by atoms with Crippen LogP contribution in [0, 0.1) is 6.92 Å². The quantitative estimate of drug-likeness (QED) is 0.799. The molecule has 1 heterocycles. The normalized spacial score (nSPS) is 13.3. The van der Waals surface area contributed by atoms with Gasteiger partial charge in [0.15, 0.2) is 0 Å². The molecule has 1 aromatic heterocycles. The number of aryl methyl sites for hydroxylation is 1. The molecule has 1 aromatic rings. The van der Waals surface area contributed by atoms with Gasteiger partial charge in [-0.1, -0.05) is 0 Å². The van der Waals surface area contributed by atoms with Crippen molar-refractivity contribution >= 4 is 21.7 Å². The first kappa shape index (κ1) is 9.54. The molecule has 5 heteroatoms. The first-order valence-electron chi connectivity index (χ1n) is 3.68. The fourth-order valence-corrected chi connectivity index (χ4v) is 1.25. The van der Waals surface area contributed by atoms with E-state index in [4.69, 9.17) is 10.8 Å². The van der Waals surface area contributed by atoms with Gasteiger partial charge in [-0.3, -0.25) is 0 Å². The Hall–Kier alpha value is -0.550. The van der Waals surface area contributed by atoms with Crippen molar-refractivity contribution in [2.45, 2.75) is 26.5 Å². The number of aromatic nitrogens is 2. The summed E-state index contributed by atoms with van der Waals surface area (Å²) < 4.78 is 2.40. The third kappa shape index (κ3) is 1.78. The highest BCUT2D eigenvalue weighted by atomic mass is 79.9. The number of nitrogens with zero attached hydrogens (tertiary/aromatic N) is 2. The van der Waals surface area contributed by atoms with Crippen molar-refractivity contribution in [3.05, 3.63) is 10.2 Å². The molecule has 0 aliphatic rings. The van der Waals surface area contributed by atoms with E-state index in [1.54, 1.807) is 11.6 Å². The van der Waals surface area contributed by atoms with Gasteiger partial charge in [-0.15, -0.1) is 0 Å². The van der Waals surface area contributed by atoms with Crippen LogP contribution in [0.1, 0.15) is 12.6 Å². The lowest BCUT2D eigenvalue weighted by Crippen LogP contribution is -2.14. The molecular weight excluding hydrogens is 222 g/mol. The molecule has 0 bridgehead atoms. The molecule has 0 saturated carbocycles. The Balaban J connectivity index is 2.93. The highest BCUT2D eigenvalue weighted by Gasteiger charge is 2.10. The predicted molar refractivity (Wildman–Crippen MR) is 50.8 cm³/mol. The first-order valence-corrected chi connectivity index (χ1v) is 4.48. The van der Waals surface area contributed by atoms with E-state index in [2.05, 4.69) is 21.0 Å². The predicted octanol–water partition coefficient (Wildman–Crippen LogP) is 0.917. The highest BCUT2D eigenvalue weighted by molar-refractivity contribution is 9.10. The Morgan fingerprint density at radius 1 is 1.75 bits per heavy atom. The van der Waals surface area contributed by atoms with Crippen molar-refractivity contribution in [1.29, 1.82) is 0 Å². The second-order valence-corrected chi connectivity index (χ2v) is 3.61. The highest BCUT2D eigenvalue weighted by Crippen LogP contribution is 2.22. The number of anilines is 1. The summed E-state index contributed by atoms with van der Waals surface area (Å²) in [6, 6.07) is 0. The van der Waals surface area contributed by atoms with Crippen LogP contribution >= 0.6 is 15.9 Å². The monoisotopic (exact) mass is 233 g/mol. The molecule has 0 aliphatic carbocycles. The van der Waals surface area contributed by atoms with Crippen LogP contribution in [0.15, 0.2) is 4.47 Å². The van der Waals surface area contributed by atoms with Crippen molar-refractivity contribution < 1.29 is 5.11 Å². The molecule has 4 nitrogen and oxygen atoms in total. The minimum Gasteiger partial charge on any atom is -0.391 e. The molecule has 1 unspecified atom stereocenters. The van der Waals surface area contributed by atoms with Crippen molar-refractivity contribution in [2.24, 2.45) is 0 Å². The average molecular weight is 234 g/mol. The molecule has 0 spiro atoms. The molecule has 0 aromatic carbocycles. The molecule has 0 saturated heterocycles. The van der Waals surface area contributed by atoms with E-state index in [9.17, 15) is 0 Å². The molecule has 0 fully saturated rings. The molecule has 0 aliphatic heterocycles. The summed E-state index contributed by atoms with van der Waals surface area (Å²) in [4.78, 5) is 0. The van der Waals surface area contributed by atoms with Gasteiger partial charge >= 0.3 is 0 Å². The average Bonchev–Trinajstić information content (AvgIpc) is 2.17. The van der Waals surface area contributed by atoms with Crippen LogP contribution in [0.4, 0.5) is 5.82 Å². The van der Waals surface area contributed by atoms with Crippen molar-refractivity contribution in [3.8, 4) is 0 Å². The van der Waals surface area contributed by atoms with Gasteiger partial charge in [0.1, 0.15) is 5.82 Å². The zero-order valence-corrected chi connectivity index (χ0v) is 8.67. The van der Waals surface area contributed by atoms with Crippen LogP contribution in [0.25, 0.3) is 0 Å². The summed E-state index contributed by atoms with van der Waals surface area (Å²) in [7, 11) is 0. The first-order chi connectivity index (χ1) is 5.52. The lowest BCUT2D eigenvalue weighted by atomic mass is 10.4. The van der Waals surface area contributed by atoms with Gasteiger partial charge in [0.2, 0.25) is 0 Å². The van der Waals surface area contributed by atoms with Crippen LogP contribution in [0.3, 0.4) is 0 Å². The summed E-state index contributed by atoms with van der Waals surface area (Å²) >= 11 is 3.30. The van der Waals surface area contributed by atoms with E-state index in [0.29, 0.717) is 12.4 Å². The zero-order chi connectivity index (χ0) is 9.30. The summed E-state index contributed by atoms with van der Waals surface area (Å²) in [5.74, 6) is 0.563. The Morgan fingerprint density at radius 3 is 2.67 bits per heavy atom. The molecular formula is C7H12BrN3O. The molecule has 0 amide bonds. The number of hydrogen-bond donors (Lipinski definition) is 2. The van der Waals surface area contributed by atoms with Crippen LogP contribution in [-0.2, 0) is 6.54 Å². The molecule has 0 radical (unpaired) electrons. The summed E-state index contributed by atoms with van der Waals surface area (Å²) in [5, 5.41) is 13.2. The Bertz CT molecular complexity index is 282. The minimum atomic E-state index is -0.432. The van der Waals surface area contributed by atoms with Gasteiger partial charge in [0, 0.05) is 0 Å². The lowest BCUT2D eigenvalue weighted by molar-refractivity contribution is 0.169. The Kier molecular flexibility index (Phi) is 2.74. The largest absolute Gasteiger partial charge is 0.391 e. The van der Waals surface area contributed by atoms with E-state index in [1.165, 1.54) is 0 Å². The van der Waals surface area contributed by atoms with Gasteiger partial charge < -0.3 is 10.8 Å². The maximum atomic E-state index is 9.10. The summed E-state index contributed by atoms with van der Waals surface area (Å²) in [5.41, 5.74) is 6.54. The maximum absolute atomic E-state index is 9.10. The molecule has 3 N–H and O–H groups in total. The maximum Gasteiger partial charge on any atom is 0.136 e. The van der Waals surface area contributed by atoms with Crippen molar-refractivity contribution in [3.63, 3.8) is 0 Å². The fraction of sp³-hybridized carbons (Fsp3) is 0.571. The number of rotatable bonds is 2. The molecule has 68 valence electrons. The standard InChI is InChI=1S/C7H12BrN3O/c1-4(12)3-11-7(9)6(8)5(2)10-11/h4,12H,3,9H2,1-2H3. The lowest BCUT2D eigenvalue weighted by Gasteiger charge is -2.05. The van der Waals surface area contributed by atoms with E-state index in [1.807, 2.05) is 6.92 Å². The van der Waals surface area contributed by atoms with Crippen molar-refractivity contribution in [2.75, 3.05) is 5.73 Å². The number of aliphatic hydroxyl groups excluding tert-OH is 1. The molecule has 1 rings (SSSR count). The SMILES string of the molecule is Cc1nn(CC(C)O)c(N)c1Br. The second-order valence-electron chi connectivity index (χ2n) is 2.82. The number of aliphatic hydroxyl groups is 1. The summed E-state index contributed by atoms with van der Waals surface area (Å²) in [6.07, 6.45) is -0.432. The molecule has 1 atom stereocenters. The van der Waals surface area contributed by atoms with Crippen LogP contribution in [0.2, 0.25) is 0 Å². The third-order valence-electron chi connectivity index (χ3n) is 1.53. The zero-order valence-electron chi connectivity index (χ0n) is 7.08. The Morgan fingerprint density at radius 2 is 2.33 bits per heavy atom. The van der Waals surface area contributed by atoms with Gasteiger partial charge in [-0.05, 0) is 29.8 Å². The smallest absolute Gasteiger partial charge is 0.136 e. The number of nitrogen functional groups attached to an aromatic ring is 1. The number of hydrogen-bond acceptors (Lipinski definition) is 3.